The first-order chi connectivity index (χ1) is 15.2. The summed E-state index contributed by atoms with van der Waals surface area (Å²) in [6, 6.07) is 14.2. The molecular formula is C24H28O6Si2. The lowest BCUT2D eigenvalue weighted by Gasteiger charge is -2.07. The topological polar surface area (TPSA) is 71.1 Å². The molecule has 0 saturated heterocycles. The molecule has 0 heterocycles. The van der Waals surface area contributed by atoms with Gasteiger partial charge in [0.25, 0.3) is 0 Å². The molecule has 2 aromatic rings. The molecule has 0 N–H and O–H groups in total. The Morgan fingerprint density at radius 2 is 1.00 bits per heavy atom. The Morgan fingerprint density at radius 1 is 0.656 bits per heavy atom. The van der Waals surface area contributed by atoms with Gasteiger partial charge in [0.2, 0.25) is 0 Å². The predicted molar refractivity (Wildman–Crippen MR) is 130 cm³/mol. The molecule has 0 radical (unpaired) electrons. The van der Waals surface area contributed by atoms with Crippen molar-refractivity contribution >= 4 is 41.4 Å². The van der Waals surface area contributed by atoms with Gasteiger partial charge in [0.05, 0.1) is 30.2 Å². The second-order valence-corrected chi connectivity index (χ2v) is 10.9. The molecule has 32 heavy (non-hydrogen) atoms. The molecule has 0 amide bonds. The Morgan fingerprint density at radius 3 is 1.31 bits per heavy atom. The molecular weight excluding hydrogens is 440 g/mol. The lowest BCUT2D eigenvalue weighted by Crippen LogP contribution is -2.15. The summed E-state index contributed by atoms with van der Waals surface area (Å²) >= 11 is 0. The minimum Gasteiger partial charge on any atom is -0.243 e. The maximum absolute atomic E-state index is 12.1. The maximum Gasteiger partial charge on any atom is 0.386 e. The van der Waals surface area contributed by atoms with Crippen LogP contribution in [0.15, 0.2) is 83.6 Å². The van der Waals surface area contributed by atoms with E-state index in [0.29, 0.717) is 11.1 Å². The fourth-order valence-electron chi connectivity index (χ4n) is 2.48. The van der Waals surface area contributed by atoms with Gasteiger partial charge in [-0.05, 0) is 58.5 Å². The Bertz CT molecular complexity index is 918. The molecule has 8 heteroatoms. The third-order valence-corrected chi connectivity index (χ3v) is 8.22. The van der Waals surface area contributed by atoms with Crippen molar-refractivity contribution in [1.29, 1.82) is 0 Å². The van der Waals surface area contributed by atoms with Crippen LogP contribution in [0.3, 0.4) is 0 Å². The maximum atomic E-state index is 12.1. The van der Waals surface area contributed by atoms with Crippen molar-refractivity contribution in [2.75, 3.05) is 0 Å². The molecule has 6 nitrogen and oxygen atoms in total. The van der Waals surface area contributed by atoms with Crippen LogP contribution in [0.4, 0.5) is 0 Å². The van der Waals surface area contributed by atoms with Crippen molar-refractivity contribution in [2.24, 2.45) is 0 Å². The average molecular weight is 469 g/mol. The van der Waals surface area contributed by atoms with Gasteiger partial charge in [-0.2, -0.15) is 0 Å². The van der Waals surface area contributed by atoms with Crippen LogP contribution in [0, 0.1) is 0 Å². The molecule has 0 spiro atoms. The van der Waals surface area contributed by atoms with Crippen molar-refractivity contribution in [1.82, 2.24) is 0 Å². The summed E-state index contributed by atoms with van der Waals surface area (Å²) in [5.41, 5.74) is 7.68. The van der Waals surface area contributed by atoms with E-state index < -0.39 is 36.9 Å². The Balaban J connectivity index is 1.76. The summed E-state index contributed by atoms with van der Waals surface area (Å²) in [6.45, 7) is 11.6. The molecule has 168 valence electrons. The second-order valence-electron chi connectivity index (χ2n) is 7.65. The van der Waals surface area contributed by atoms with Crippen molar-refractivity contribution < 1.29 is 29.1 Å². The summed E-state index contributed by atoms with van der Waals surface area (Å²) in [4.78, 5) is 42.8. The van der Waals surface area contributed by atoms with Gasteiger partial charge in [-0.1, -0.05) is 57.2 Å². The zero-order valence-electron chi connectivity index (χ0n) is 18.8. The third-order valence-electron chi connectivity index (χ3n) is 4.29. The van der Waals surface area contributed by atoms with Gasteiger partial charge in [0.1, 0.15) is 0 Å². The molecule has 0 unspecified atom stereocenters. The molecule has 0 bridgehead atoms. The quantitative estimate of drug-likeness (QED) is 0.231. The van der Waals surface area contributed by atoms with Crippen LogP contribution in [0.25, 0.3) is 0 Å². The number of carbonyl (C=O) groups excluding carboxylic acids is 2. The standard InChI is InChI=1S/C24H28O6Si2/c1-16(2)14-31-21-10-6-19(7-11-21)23(25)29-27-18(5)28-30-24(26)20-8-12-22(13-9-20)32-15-17(3)4/h6-15H,5,31-32H2,1-4H3. The largest absolute Gasteiger partial charge is 0.386 e. The van der Waals surface area contributed by atoms with E-state index in [1.54, 1.807) is 24.3 Å². The summed E-state index contributed by atoms with van der Waals surface area (Å²) in [6.07, 6.45) is 0. The zero-order valence-corrected chi connectivity index (χ0v) is 21.7. The van der Waals surface area contributed by atoms with Gasteiger partial charge < -0.3 is 0 Å². The first kappa shape index (κ1) is 24.9. The molecule has 0 atom stereocenters. The number of hydrogen-bond acceptors (Lipinski definition) is 6. The van der Waals surface area contributed by atoms with Crippen LogP contribution in [0.2, 0.25) is 0 Å². The van der Waals surface area contributed by atoms with Crippen LogP contribution in [-0.2, 0) is 19.6 Å². The molecule has 0 aliphatic carbocycles. The highest BCUT2D eigenvalue weighted by molar-refractivity contribution is 6.59. The molecule has 2 aromatic carbocycles. The van der Waals surface area contributed by atoms with Crippen LogP contribution in [0.1, 0.15) is 48.4 Å². The predicted octanol–water partition coefficient (Wildman–Crippen LogP) is 2.47. The van der Waals surface area contributed by atoms with E-state index in [4.69, 9.17) is 0 Å². The number of hydrogen-bond donors (Lipinski definition) is 0. The molecule has 2 rings (SSSR count). The van der Waals surface area contributed by atoms with Gasteiger partial charge >= 0.3 is 17.9 Å². The van der Waals surface area contributed by atoms with Gasteiger partial charge in [0.15, 0.2) is 0 Å². The van der Waals surface area contributed by atoms with Crippen LogP contribution < -0.4 is 10.4 Å². The van der Waals surface area contributed by atoms with E-state index in [1.807, 2.05) is 24.3 Å². The van der Waals surface area contributed by atoms with E-state index in [1.165, 1.54) is 21.5 Å². The number of rotatable bonds is 10. The fraction of sp³-hybridized carbons (Fsp3) is 0.167. The van der Waals surface area contributed by atoms with E-state index in [-0.39, 0.29) is 0 Å². The van der Waals surface area contributed by atoms with E-state index in [9.17, 15) is 9.59 Å². The Labute approximate surface area is 193 Å². The van der Waals surface area contributed by atoms with Crippen molar-refractivity contribution in [3.05, 3.63) is 94.7 Å². The number of benzene rings is 2. The minimum absolute atomic E-state index is 0.321. The zero-order chi connectivity index (χ0) is 23.5. The second kappa shape index (κ2) is 12.5. The van der Waals surface area contributed by atoms with E-state index >= 15 is 0 Å². The summed E-state index contributed by atoms with van der Waals surface area (Å²) in [5, 5.41) is 2.41. The molecule has 0 fully saturated rings. The molecule has 0 saturated carbocycles. The highest BCUT2D eigenvalue weighted by Crippen LogP contribution is 2.07. The fourth-order valence-corrected chi connectivity index (χ4v) is 4.78. The van der Waals surface area contributed by atoms with Crippen molar-refractivity contribution in [2.45, 2.75) is 27.7 Å². The van der Waals surface area contributed by atoms with Crippen LogP contribution in [-0.4, -0.2) is 31.0 Å². The summed E-state index contributed by atoms with van der Waals surface area (Å²) in [5.74, 6) is -1.91. The van der Waals surface area contributed by atoms with Crippen LogP contribution in [0.5, 0.6) is 0 Å². The lowest BCUT2D eigenvalue weighted by molar-refractivity contribution is -0.317. The Hall–Kier alpha value is -3.37. The highest BCUT2D eigenvalue weighted by atomic mass is 28.2. The first-order valence-electron chi connectivity index (χ1n) is 10.2. The molecule has 0 aliphatic heterocycles. The molecule has 0 aliphatic rings. The van der Waals surface area contributed by atoms with E-state index in [2.05, 4.69) is 65.2 Å². The molecule has 0 aromatic heterocycles. The van der Waals surface area contributed by atoms with Gasteiger partial charge in [-0.3, -0.25) is 0 Å². The Kier molecular flexibility index (Phi) is 9.71. The number of allylic oxidation sites excluding steroid dienone is 2. The highest BCUT2D eigenvalue weighted by Gasteiger charge is 2.13. The smallest absolute Gasteiger partial charge is 0.243 e. The summed E-state index contributed by atoms with van der Waals surface area (Å²) < 4.78 is 0. The number of carbonyl (C=O) groups is 2. The minimum atomic E-state index is -0.715. The van der Waals surface area contributed by atoms with Gasteiger partial charge in [-0.15, -0.1) is 0 Å². The first-order valence-corrected chi connectivity index (χ1v) is 13.2. The van der Waals surface area contributed by atoms with Gasteiger partial charge in [0, 0.05) is 0 Å². The third kappa shape index (κ3) is 8.78. The van der Waals surface area contributed by atoms with Crippen molar-refractivity contribution in [3.8, 4) is 0 Å². The van der Waals surface area contributed by atoms with Gasteiger partial charge in [-0.25, -0.2) is 29.1 Å². The monoisotopic (exact) mass is 468 g/mol. The van der Waals surface area contributed by atoms with Crippen molar-refractivity contribution in [3.63, 3.8) is 0 Å². The summed E-state index contributed by atoms with van der Waals surface area (Å²) in [7, 11) is -0.996. The SMILES string of the molecule is C=C(OOC(=O)c1ccc([SiH2]C=C(C)C)cc1)OOC(=O)c1ccc([SiH2]C=C(C)C)cc1. The van der Waals surface area contributed by atoms with Crippen LogP contribution >= 0.6 is 0 Å². The normalized spacial score (nSPS) is 10.6. The lowest BCUT2D eigenvalue weighted by atomic mass is 10.2. The van der Waals surface area contributed by atoms with E-state index in [0.717, 1.165) is 0 Å². The average Bonchev–Trinajstić information content (AvgIpc) is 2.78.